The molecule has 0 fully saturated rings. The monoisotopic (exact) mass is 646 g/mol. The molecule has 0 bridgehead atoms. The van der Waals surface area contributed by atoms with Crippen molar-refractivity contribution in [3.8, 4) is 39.3 Å². The first-order valence-corrected chi connectivity index (χ1v) is 16.6. The normalized spacial score (nSPS) is 12.1. The summed E-state index contributed by atoms with van der Waals surface area (Å²) >= 11 is 0. The maximum Gasteiger partial charge on any atom is 0.149 e. The molecule has 2 heterocycles. The summed E-state index contributed by atoms with van der Waals surface area (Å²) in [5, 5.41) is 1.99. The van der Waals surface area contributed by atoms with E-state index in [9.17, 15) is 4.39 Å². The highest BCUT2D eigenvalue weighted by molar-refractivity contribution is 6.12. The predicted octanol–water partition coefficient (Wildman–Crippen LogP) is 12.4. The van der Waals surface area contributed by atoms with Gasteiger partial charge in [-0.05, 0) is 108 Å². The number of aromatic nitrogens is 2. The van der Waals surface area contributed by atoms with Gasteiger partial charge in [0.15, 0.2) is 0 Å². The average Bonchev–Trinajstić information content (AvgIpc) is 3.65. The van der Waals surface area contributed by atoms with Crippen molar-refractivity contribution in [2.24, 2.45) is 0 Å². The van der Waals surface area contributed by atoms with Crippen LogP contribution in [-0.2, 0) is 5.41 Å². The second-order valence-electron chi connectivity index (χ2n) is 14.1. The molecule has 0 radical (unpaired) electrons. The Balaban J connectivity index is 1.45. The lowest BCUT2D eigenvalue weighted by molar-refractivity contribution is 0.587. The molecule has 0 amide bonds. The van der Waals surface area contributed by atoms with Crippen molar-refractivity contribution >= 4 is 33.0 Å². The zero-order valence-electron chi connectivity index (χ0n) is 28.5. The minimum absolute atomic E-state index is 0.181. The smallest absolute Gasteiger partial charge is 0.149 e. The van der Waals surface area contributed by atoms with Gasteiger partial charge in [0.05, 0.1) is 22.3 Å². The van der Waals surface area contributed by atoms with Gasteiger partial charge in [-0.15, -0.1) is 0 Å². The fraction of sp³-hybridized carbons (Fsp3) is 0.159. The Labute approximate surface area is 284 Å². The van der Waals surface area contributed by atoms with Crippen LogP contribution in [0, 0.1) is 32.4 Å². The first-order valence-electron chi connectivity index (χ1n) is 16.6. The fourth-order valence-corrected chi connectivity index (χ4v) is 7.21. The van der Waals surface area contributed by atoms with Crippen molar-refractivity contribution in [1.82, 2.24) is 9.55 Å². The van der Waals surface area contributed by atoms with Crippen LogP contribution in [0.2, 0.25) is 0 Å². The average molecular weight is 647 g/mol. The third-order valence-corrected chi connectivity index (χ3v) is 9.61. The van der Waals surface area contributed by atoms with E-state index in [1.807, 2.05) is 36.4 Å². The molecule has 0 saturated heterocycles. The van der Waals surface area contributed by atoms with Crippen molar-refractivity contribution in [2.45, 2.75) is 47.0 Å². The van der Waals surface area contributed by atoms with Crippen molar-refractivity contribution in [3.05, 3.63) is 143 Å². The van der Waals surface area contributed by atoms with E-state index < -0.39 is 0 Å². The number of para-hydroxylation sites is 1. The summed E-state index contributed by atoms with van der Waals surface area (Å²) in [5.74, 6) is 0.162. The Bertz CT molecular complexity index is 2560. The highest BCUT2D eigenvalue weighted by Crippen LogP contribution is 2.44. The minimum Gasteiger partial charge on any atom is -0.455 e. The van der Waals surface area contributed by atoms with Gasteiger partial charge in [0.1, 0.15) is 28.6 Å². The highest BCUT2D eigenvalue weighted by atomic mass is 19.1. The zero-order chi connectivity index (χ0) is 34.2. The summed E-state index contributed by atoms with van der Waals surface area (Å²) in [5.41, 5.74) is 11.7. The molecule has 0 N–H and O–H groups in total. The molecule has 0 atom stereocenters. The Morgan fingerprint density at radius 3 is 2.14 bits per heavy atom. The van der Waals surface area contributed by atoms with Crippen LogP contribution in [0.4, 0.5) is 8.78 Å². The Morgan fingerprint density at radius 1 is 0.653 bits per heavy atom. The van der Waals surface area contributed by atoms with Crippen LogP contribution >= 0.6 is 0 Å². The van der Waals surface area contributed by atoms with Crippen LogP contribution in [0.3, 0.4) is 0 Å². The van der Waals surface area contributed by atoms with Gasteiger partial charge in [0.25, 0.3) is 0 Å². The molecule has 49 heavy (non-hydrogen) atoms. The topological polar surface area (TPSA) is 31.0 Å². The van der Waals surface area contributed by atoms with Crippen LogP contribution in [-0.4, -0.2) is 9.55 Å². The van der Waals surface area contributed by atoms with E-state index in [-0.39, 0.29) is 17.0 Å². The van der Waals surface area contributed by atoms with E-state index in [1.165, 1.54) is 6.07 Å². The summed E-state index contributed by atoms with van der Waals surface area (Å²) < 4.78 is 38.5. The molecular weight excluding hydrogens is 610 g/mol. The molecule has 8 aromatic rings. The first-order chi connectivity index (χ1) is 23.5. The van der Waals surface area contributed by atoms with E-state index >= 15 is 4.39 Å². The van der Waals surface area contributed by atoms with E-state index in [1.54, 1.807) is 26.0 Å². The number of imidazole rings is 1. The number of aryl methyl sites for hydroxylation is 3. The maximum atomic E-state index is 15.1. The molecule has 0 saturated carbocycles. The Hall–Kier alpha value is -5.55. The van der Waals surface area contributed by atoms with Gasteiger partial charge in [-0.25, -0.2) is 13.8 Å². The number of hydrogen-bond acceptors (Lipinski definition) is 2. The second-order valence-corrected chi connectivity index (χ2v) is 14.1. The molecule has 0 aliphatic rings. The molecule has 3 nitrogen and oxygen atoms in total. The Morgan fingerprint density at radius 2 is 1.41 bits per heavy atom. The molecule has 0 spiro atoms. The fourth-order valence-electron chi connectivity index (χ4n) is 7.21. The molecule has 0 unspecified atom stereocenters. The number of rotatable bonds is 4. The van der Waals surface area contributed by atoms with Crippen molar-refractivity contribution in [3.63, 3.8) is 0 Å². The number of hydrogen-bond donors (Lipinski definition) is 0. The van der Waals surface area contributed by atoms with Gasteiger partial charge < -0.3 is 4.42 Å². The third-order valence-electron chi connectivity index (χ3n) is 9.61. The predicted molar refractivity (Wildman–Crippen MR) is 197 cm³/mol. The van der Waals surface area contributed by atoms with E-state index in [0.29, 0.717) is 33.6 Å². The molecule has 6 aromatic carbocycles. The van der Waals surface area contributed by atoms with Crippen LogP contribution in [0.1, 0.15) is 43.0 Å². The quantitative estimate of drug-likeness (QED) is 0.190. The number of halogens is 2. The third kappa shape index (κ3) is 5.04. The van der Waals surface area contributed by atoms with E-state index in [0.717, 1.165) is 61.0 Å². The number of furan rings is 1. The lowest BCUT2D eigenvalue weighted by Crippen LogP contribution is -2.16. The molecule has 0 aliphatic carbocycles. The van der Waals surface area contributed by atoms with Gasteiger partial charge >= 0.3 is 0 Å². The summed E-state index contributed by atoms with van der Waals surface area (Å²) in [6.45, 7) is 12.3. The van der Waals surface area contributed by atoms with Gasteiger partial charge in [-0.2, -0.15) is 0 Å². The summed E-state index contributed by atoms with van der Waals surface area (Å²) in [7, 11) is 0. The van der Waals surface area contributed by atoms with Crippen molar-refractivity contribution in [1.29, 1.82) is 0 Å². The van der Waals surface area contributed by atoms with Gasteiger partial charge in [0, 0.05) is 22.4 Å². The SMILES string of the molecule is Cc1cc(-c2ccc3c(c2)oc2c(-c4nc5ccc(F)cc5n4-c4c(-c5ccccc5)cccc4C(C)(C)C)ccc(C)c23)cc(C)c1F. The Kier molecular flexibility index (Phi) is 7.07. The summed E-state index contributed by atoms with van der Waals surface area (Å²) in [6, 6.07) is 35.6. The van der Waals surface area contributed by atoms with E-state index in [2.05, 4.69) is 86.9 Å². The van der Waals surface area contributed by atoms with Crippen LogP contribution in [0.5, 0.6) is 0 Å². The molecule has 242 valence electrons. The molecule has 5 heteroatoms. The zero-order valence-corrected chi connectivity index (χ0v) is 28.5. The number of benzene rings is 6. The standard InChI is InChI=1S/C44H36F2N2O/c1-25-15-18-34(42-39(25)33-19-16-29(23-38(33)49-42)30-21-26(2)40(46)27(3)22-30)43-47-36-20-17-31(45)24-37(36)48(43)41-32(28-11-8-7-9-12-28)13-10-14-35(41)44(4,5)6/h7-24H,1-6H3. The second kappa shape index (κ2) is 11.3. The van der Waals surface area contributed by atoms with Gasteiger partial charge in [-0.1, -0.05) is 81.4 Å². The summed E-state index contributed by atoms with van der Waals surface area (Å²) in [4.78, 5) is 5.20. The van der Waals surface area contributed by atoms with Crippen molar-refractivity contribution < 1.29 is 13.2 Å². The lowest BCUT2D eigenvalue weighted by atomic mass is 9.83. The van der Waals surface area contributed by atoms with Gasteiger partial charge in [0.2, 0.25) is 0 Å². The van der Waals surface area contributed by atoms with Crippen molar-refractivity contribution in [2.75, 3.05) is 0 Å². The van der Waals surface area contributed by atoms with Gasteiger partial charge in [-0.3, -0.25) is 4.57 Å². The molecule has 0 aliphatic heterocycles. The highest BCUT2D eigenvalue weighted by Gasteiger charge is 2.28. The van der Waals surface area contributed by atoms with Crippen LogP contribution in [0.15, 0.2) is 114 Å². The summed E-state index contributed by atoms with van der Waals surface area (Å²) in [6.07, 6.45) is 0. The number of nitrogens with zero attached hydrogens (tertiary/aromatic N) is 2. The maximum absolute atomic E-state index is 15.1. The largest absolute Gasteiger partial charge is 0.455 e. The molecule has 2 aromatic heterocycles. The van der Waals surface area contributed by atoms with Crippen LogP contribution < -0.4 is 0 Å². The first kappa shape index (κ1) is 30.8. The molecular formula is C44H36F2N2O. The lowest BCUT2D eigenvalue weighted by Gasteiger charge is -2.27. The van der Waals surface area contributed by atoms with E-state index in [4.69, 9.17) is 9.40 Å². The molecule has 8 rings (SSSR count). The van der Waals surface area contributed by atoms with Crippen LogP contribution in [0.25, 0.3) is 72.3 Å². The minimum atomic E-state index is -0.328. The number of fused-ring (bicyclic) bond motifs is 4.